The van der Waals surface area contributed by atoms with E-state index in [0.717, 1.165) is 41.2 Å². The zero-order valence-electron chi connectivity index (χ0n) is 16.7. The van der Waals surface area contributed by atoms with Gasteiger partial charge in [0.2, 0.25) is 0 Å². The number of nitrogens with zero attached hydrogens (tertiary/aromatic N) is 3. The molecule has 0 spiro atoms. The van der Waals surface area contributed by atoms with E-state index in [1.807, 2.05) is 41.9 Å². The zero-order valence-corrected chi connectivity index (χ0v) is 17.5. The Bertz CT molecular complexity index is 1080. The molecular formula is C23H23ClN4O. The predicted molar refractivity (Wildman–Crippen MR) is 116 cm³/mol. The monoisotopic (exact) mass is 406 g/mol. The van der Waals surface area contributed by atoms with E-state index >= 15 is 0 Å². The number of hydrogen-bond acceptors (Lipinski definition) is 3. The van der Waals surface area contributed by atoms with Crippen LogP contribution in [0.15, 0.2) is 59.7 Å². The fraction of sp³-hybridized carbons (Fsp3) is 0.261. The smallest absolute Gasteiger partial charge is 0.267 e. The van der Waals surface area contributed by atoms with Crippen molar-refractivity contribution < 1.29 is 4.79 Å². The average Bonchev–Trinajstić information content (AvgIpc) is 3.02. The topological polar surface area (TPSA) is 59.3 Å². The van der Waals surface area contributed by atoms with Crippen LogP contribution in [0, 0.1) is 12.3 Å². The minimum Gasteiger partial charge on any atom is -0.267 e. The summed E-state index contributed by atoms with van der Waals surface area (Å²) in [5.74, 6) is -0.257. The third-order valence-corrected chi connectivity index (χ3v) is 5.39. The maximum absolute atomic E-state index is 12.5. The number of aromatic nitrogens is 2. The molecule has 0 atom stereocenters. The van der Waals surface area contributed by atoms with Crippen LogP contribution in [0.4, 0.5) is 0 Å². The molecule has 1 aliphatic rings. The Morgan fingerprint density at radius 3 is 2.48 bits per heavy atom. The summed E-state index contributed by atoms with van der Waals surface area (Å²) < 4.78 is 2.00. The van der Waals surface area contributed by atoms with Crippen molar-refractivity contribution in [1.82, 2.24) is 15.2 Å². The number of fused-ring (bicyclic) bond motifs is 1. The number of halogens is 1. The third-order valence-electron chi connectivity index (χ3n) is 5.14. The number of para-hydroxylation sites is 1. The van der Waals surface area contributed by atoms with Gasteiger partial charge in [0.15, 0.2) is 0 Å². The predicted octanol–water partition coefficient (Wildman–Crippen LogP) is 4.94. The maximum Gasteiger partial charge on any atom is 0.271 e. The van der Waals surface area contributed by atoms with Gasteiger partial charge >= 0.3 is 0 Å². The summed E-state index contributed by atoms with van der Waals surface area (Å²) >= 11 is 5.90. The van der Waals surface area contributed by atoms with Crippen molar-refractivity contribution in [3.05, 3.63) is 82.1 Å². The van der Waals surface area contributed by atoms with E-state index < -0.39 is 0 Å². The highest BCUT2D eigenvalue weighted by Crippen LogP contribution is 2.37. The van der Waals surface area contributed by atoms with Gasteiger partial charge in [-0.15, -0.1) is 0 Å². The first kappa shape index (κ1) is 19.4. The van der Waals surface area contributed by atoms with E-state index in [1.54, 1.807) is 24.3 Å². The van der Waals surface area contributed by atoms with E-state index in [-0.39, 0.29) is 11.3 Å². The molecule has 1 aromatic heterocycles. The van der Waals surface area contributed by atoms with Crippen LogP contribution in [0.3, 0.4) is 0 Å². The molecular weight excluding hydrogens is 384 g/mol. The molecule has 4 rings (SSSR count). The van der Waals surface area contributed by atoms with Crippen LogP contribution in [0.2, 0.25) is 5.02 Å². The molecule has 0 unspecified atom stereocenters. The Hall–Kier alpha value is -2.92. The summed E-state index contributed by atoms with van der Waals surface area (Å²) in [4.78, 5) is 12.5. The van der Waals surface area contributed by atoms with Gasteiger partial charge < -0.3 is 0 Å². The number of rotatable bonds is 3. The number of nitrogens with one attached hydrogen (secondary N) is 1. The van der Waals surface area contributed by atoms with Gasteiger partial charge in [-0.3, -0.25) is 4.79 Å². The Labute approximate surface area is 175 Å². The number of benzene rings is 2. The largest absolute Gasteiger partial charge is 0.271 e. The minimum atomic E-state index is -0.257. The second-order valence-electron chi connectivity index (χ2n) is 8.18. The molecule has 3 aromatic rings. The van der Waals surface area contributed by atoms with Crippen molar-refractivity contribution in [2.24, 2.45) is 10.5 Å². The van der Waals surface area contributed by atoms with E-state index in [4.69, 9.17) is 16.7 Å². The van der Waals surface area contributed by atoms with Crippen LogP contribution in [0.1, 0.15) is 47.6 Å². The molecule has 148 valence electrons. The first-order valence-electron chi connectivity index (χ1n) is 9.61. The first-order chi connectivity index (χ1) is 13.8. The molecule has 0 radical (unpaired) electrons. The lowest BCUT2D eigenvalue weighted by Crippen LogP contribution is -2.31. The fourth-order valence-corrected chi connectivity index (χ4v) is 3.96. The van der Waals surface area contributed by atoms with E-state index in [9.17, 15) is 4.79 Å². The molecule has 1 N–H and O–H groups in total. The van der Waals surface area contributed by atoms with Gasteiger partial charge in [0.05, 0.1) is 22.8 Å². The van der Waals surface area contributed by atoms with Gasteiger partial charge in [-0.25, -0.2) is 10.1 Å². The van der Waals surface area contributed by atoms with Gasteiger partial charge in [-0.1, -0.05) is 43.6 Å². The molecule has 6 heteroatoms. The number of amides is 1. The van der Waals surface area contributed by atoms with Crippen molar-refractivity contribution in [3.63, 3.8) is 0 Å². The molecule has 0 saturated carbocycles. The van der Waals surface area contributed by atoms with Crippen molar-refractivity contribution in [2.75, 3.05) is 0 Å². The molecule has 0 aliphatic heterocycles. The maximum atomic E-state index is 12.5. The van der Waals surface area contributed by atoms with Crippen LogP contribution >= 0.6 is 11.6 Å². The van der Waals surface area contributed by atoms with Gasteiger partial charge in [-0.2, -0.15) is 10.2 Å². The highest BCUT2D eigenvalue weighted by molar-refractivity contribution is 6.30. The van der Waals surface area contributed by atoms with E-state index in [2.05, 4.69) is 24.4 Å². The van der Waals surface area contributed by atoms with Crippen LogP contribution in [-0.2, 0) is 6.42 Å². The molecule has 0 fully saturated rings. The summed E-state index contributed by atoms with van der Waals surface area (Å²) in [7, 11) is 0. The number of hydrogen-bond donors (Lipinski definition) is 1. The van der Waals surface area contributed by atoms with Crippen molar-refractivity contribution in [2.45, 2.75) is 33.6 Å². The molecule has 1 aliphatic carbocycles. The first-order valence-corrected chi connectivity index (χ1v) is 9.99. The Balaban J connectivity index is 1.71. The molecule has 0 bridgehead atoms. The van der Waals surface area contributed by atoms with Gasteiger partial charge in [0.1, 0.15) is 0 Å². The standard InChI is InChI=1S/C23H23ClN4O/c1-15-21-19(25-26-22(29)16-9-11-17(24)12-10-16)13-23(2,3)14-20(21)28(27-15)18-7-5-4-6-8-18/h4-12H,13-14H2,1-3H3,(H,26,29)/b25-19+. The molecule has 29 heavy (non-hydrogen) atoms. The third kappa shape index (κ3) is 3.96. The molecule has 1 heterocycles. The lowest BCUT2D eigenvalue weighted by atomic mass is 9.75. The van der Waals surface area contributed by atoms with E-state index in [1.165, 1.54) is 0 Å². The number of aryl methyl sites for hydroxylation is 1. The number of hydrazone groups is 1. The Kier molecular flexibility index (Phi) is 5.01. The van der Waals surface area contributed by atoms with Crippen LogP contribution in [0.5, 0.6) is 0 Å². The average molecular weight is 407 g/mol. The lowest BCUT2D eigenvalue weighted by molar-refractivity contribution is 0.0954. The highest BCUT2D eigenvalue weighted by Gasteiger charge is 2.34. The molecule has 2 aromatic carbocycles. The SMILES string of the molecule is Cc1nn(-c2ccccc2)c2c1/C(=N/NC(=O)c1ccc(Cl)cc1)CC(C)(C)C2. The zero-order chi connectivity index (χ0) is 20.6. The summed E-state index contributed by atoms with van der Waals surface area (Å²) in [6.45, 7) is 6.42. The van der Waals surface area contributed by atoms with Crippen LogP contribution < -0.4 is 5.43 Å². The van der Waals surface area contributed by atoms with Gasteiger partial charge in [0.25, 0.3) is 5.91 Å². The van der Waals surface area contributed by atoms with Crippen molar-refractivity contribution in [1.29, 1.82) is 0 Å². The summed E-state index contributed by atoms with van der Waals surface area (Å²) in [5, 5.41) is 9.89. The van der Waals surface area contributed by atoms with Crippen LogP contribution in [-0.4, -0.2) is 21.4 Å². The summed E-state index contributed by atoms with van der Waals surface area (Å²) in [5.41, 5.74) is 8.20. The molecule has 5 nitrogen and oxygen atoms in total. The Morgan fingerprint density at radius 1 is 1.10 bits per heavy atom. The Morgan fingerprint density at radius 2 is 1.79 bits per heavy atom. The van der Waals surface area contributed by atoms with Gasteiger partial charge in [0, 0.05) is 16.1 Å². The van der Waals surface area contributed by atoms with Crippen molar-refractivity contribution in [3.8, 4) is 5.69 Å². The minimum absolute atomic E-state index is 0.00976. The molecule has 1 amide bonds. The fourth-order valence-electron chi connectivity index (χ4n) is 3.83. The quantitative estimate of drug-likeness (QED) is 0.626. The lowest BCUT2D eigenvalue weighted by Gasteiger charge is -2.31. The second-order valence-corrected chi connectivity index (χ2v) is 8.61. The second kappa shape index (κ2) is 7.48. The normalized spacial score (nSPS) is 16.5. The van der Waals surface area contributed by atoms with Crippen molar-refractivity contribution >= 4 is 23.2 Å². The highest BCUT2D eigenvalue weighted by atomic mass is 35.5. The van der Waals surface area contributed by atoms with Gasteiger partial charge in [-0.05, 0) is 61.6 Å². The van der Waals surface area contributed by atoms with E-state index in [0.29, 0.717) is 10.6 Å². The summed E-state index contributed by atoms with van der Waals surface area (Å²) in [6.07, 6.45) is 1.66. The number of carbonyl (C=O) groups is 1. The summed E-state index contributed by atoms with van der Waals surface area (Å²) in [6, 6.07) is 16.9. The molecule has 0 saturated heterocycles. The van der Waals surface area contributed by atoms with Crippen LogP contribution in [0.25, 0.3) is 5.69 Å². The number of carbonyl (C=O) groups excluding carboxylic acids is 1.